The Bertz CT molecular complexity index is 1370. The van der Waals surface area contributed by atoms with E-state index >= 15 is 0 Å². The molecule has 0 unspecified atom stereocenters. The molecule has 268 valence electrons. The Morgan fingerprint density at radius 2 is 1.22 bits per heavy atom. The first kappa shape index (κ1) is 37.8. The molecule has 0 radical (unpaired) electrons. The summed E-state index contributed by atoms with van der Waals surface area (Å²) in [5, 5.41) is 0.114. The predicted molar refractivity (Wildman–Crippen MR) is 192 cm³/mol. The fourth-order valence-electron chi connectivity index (χ4n) is 6.05. The maximum Gasteiger partial charge on any atom is 0.192 e. The lowest BCUT2D eigenvalue weighted by Gasteiger charge is -2.48. The molecule has 2 aliphatic rings. The number of benzene rings is 3. The minimum atomic E-state index is -1.97. The van der Waals surface area contributed by atoms with Crippen LogP contribution in [-0.2, 0) is 57.4 Å². The number of hydrogen-bond donors (Lipinski definition) is 0. The first-order valence-corrected chi connectivity index (χ1v) is 20.5. The Kier molecular flexibility index (Phi) is 13.6. The minimum Gasteiger partial charge on any atom is -0.411 e. The van der Waals surface area contributed by atoms with Crippen molar-refractivity contribution in [3.8, 4) is 0 Å². The molecule has 0 spiro atoms. The fourth-order valence-corrected chi connectivity index (χ4v) is 7.47. The molecule has 2 fully saturated rings. The fraction of sp³-hybridized carbons (Fsp3) is 0.550. The molecule has 8 atom stereocenters. The average Bonchev–Trinajstić information content (AvgIpc) is 3.09. The van der Waals surface area contributed by atoms with Crippen LogP contribution in [0.2, 0.25) is 18.1 Å². The van der Waals surface area contributed by atoms with E-state index in [0.29, 0.717) is 26.2 Å². The molecule has 0 amide bonds. The van der Waals surface area contributed by atoms with Gasteiger partial charge in [-0.1, -0.05) is 112 Å². The molecule has 3 aromatic rings. The van der Waals surface area contributed by atoms with Gasteiger partial charge in [-0.3, -0.25) is 0 Å². The molecule has 0 aromatic heterocycles. The van der Waals surface area contributed by atoms with E-state index in [4.69, 9.17) is 37.6 Å². The summed E-state index contributed by atoms with van der Waals surface area (Å²) >= 11 is 0. The highest BCUT2D eigenvalue weighted by molar-refractivity contribution is 6.74. The van der Waals surface area contributed by atoms with Crippen molar-refractivity contribution >= 4 is 8.32 Å². The van der Waals surface area contributed by atoms with E-state index in [-0.39, 0.29) is 23.9 Å². The quantitative estimate of drug-likeness (QED) is 0.148. The SMILES string of the molecule is CO[C@H]1O[C@H](COCc2ccccc2)[C@@H](O[C@H]2CC[C@H](O[Si](C)(C)C(C)(C)C)[C@H](C)O2)[C@H](OCc2ccccc2)[C@H]1OCc1ccccc1. The van der Waals surface area contributed by atoms with Gasteiger partial charge in [0, 0.05) is 13.5 Å². The minimum absolute atomic E-state index is 0.0123. The lowest BCUT2D eigenvalue weighted by Crippen LogP contribution is -2.62. The molecular weight excluding hydrogens is 637 g/mol. The van der Waals surface area contributed by atoms with E-state index in [1.54, 1.807) is 7.11 Å². The third-order valence-corrected chi connectivity index (χ3v) is 14.4. The summed E-state index contributed by atoms with van der Waals surface area (Å²) in [7, 11) is -0.338. The van der Waals surface area contributed by atoms with Crippen molar-refractivity contribution in [2.24, 2.45) is 0 Å². The Morgan fingerprint density at radius 1 is 0.694 bits per heavy atom. The molecule has 0 N–H and O–H groups in total. The van der Waals surface area contributed by atoms with Crippen molar-refractivity contribution in [1.29, 1.82) is 0 Å². The van der Waals surface area contributed by atoms with E-state index in [1.807, 2.05) is 78.9 Å². The van der Waals surface area contributed by atoms with Gasteiger partial charge in [-0.05, 0) is 48.2 Å². The van der Waals surface area contributed by atoms with Crippen molar-refractivity contribution in [1.82, 2.24) is 0 Å². The molecule has 9 heteroatoms. The molecule has 0 saturated carbocycles. The molecule has 2 heterocycles. The van der Waals surface area contributed by atoms with Crippen LogP contribution < -0.4 is 0 Å². The first-order valence-electron chi connectivity index (χ1n) is 17.6. The summed E-state index contributed by atoms with van der Waals surface area (Å²) in [5.74, 6) is 0. The van der Waals surface area contributed by atoms with Gasteiger partial charge >= 0.3 is 0 Å². The number of methoxy groups -OCH3 is 1. The highest BCUT2D eigenvalue weighted by atomic mass is 28.4. The van der Waals surface area contributed by atoms with E-state index in [0.717, 1.165) is 23.1 Å². The zero-order chi connectivity index (χ0) is 34.9. The monoisotopic (exact) mass is 692 g/mol. The van der Waals surface area contributed by atoms with Gasteiger partial charge in [0.05, 0.1) is 38.6 Å². The van der Waals surface area contributed by atoms with Crippen LogP contribution in [0.4, 0.5) is 0 Å². The molecule has 8 nitrogen and oxygen atoms in total. The van der Waals surface area contributed by atoms with E-state index in [9.17, 15) is 0 Å². The van der Waals surface area contributed by atoms with Crippen molar-refractivity contribution in [2.75, 3.05) is 13.7 Å². The van der Waals surface area contributed by atoms with E-state index in [1.165, 1.54) is 0 Å². The van der Waals surface area contributed by atoms with Crippen molar-refractivity contribution in [2.45, 2.75) is 128 Å². The highest BCUT2D eigenvalue weighted by Crippen LogP contribution is 2.40. The largest absolute Gasteiger partial charge is 0.411 e. The lowest BCUT2D eigenvalue weighted by molar-refractivity contribution is -0.346. The number of rotatable bonds is 15. The lowest BCUT2D eigenvalue weighted by atomic mass is 9.97. The van der Waals surface area contributed by atoms with E-state index < -0.39 is 45.3 Å². The Labute approximate surface area is 294 Å². The van der Waals surface area contributed by atoms with Gasteiger partial charge < -0.3 is 37.6 Å². The van der Waals surface area contributed by atoms with Crippen molar-refractivity contribution < 1.29 is 37.6 Å². The average molecular weight is 693 g/mol. The third-order valence-electron chi connectivity index (χ3n) is 9.93. The van der Waals surface area contributed by atoms with Crippen LogP contribution in [0.5, 0.6) is 0 Å². The molecule has 0 aliphatic carbocycles. The predicted octanol–water partition coefficient (Wildman–Crippen LogP) is 8.05. The van der Waals surface area contributed by atoms with Gasteiger partial charge in [0.1, 0.15) is 24.4 Å². The molecular formula is C40H56O8Si. The molecule has 49 heavy (non-hydrogen) atoms. The second-order valence-corrected chi connectivity index (χ2v) is 19.4. The van der Waals surface area contributed by atoms with Crippen molar-refractivity contribution in [3.05, 3.63) is 108 Å². The van der Waals surface area contributed by atoms with Gasteiger partial charge in [-0.15, -0.1) is 0 Å². The summed E-state index contributed by atoms with van der Waals surface area (Å²) in [6, 6.07) is 30.3. The summed E-state index contributed by atoms with van der Waals surface area (Å²) < 4.78 is 52.4. The normalized spacial score (nSPS) is 28.0. The zero-order valence-corrected chi connectivity index (χ0v) is 31.3. The smallest absolute Gasteiger partial charge is 0.192 e. The van der Waals surface area contributed by atoms with Gasteiger partial charge in [0.15, 0.2) is 20.9 Å². The second-order valence-electron chi connectivity index (χ2n) is 14.7. The zero-order valence-electron chi connectivity index (χ0n) is 30.3. The molecule has 3 aromatic carbocycles. The Morgan fingerprint density at radius 3 is 1.73 bits per heavy atom. The van der Waals surface area contributed by atoms with Gasteiger partial charge in [-0.2, -0.15) is 0 Å². The summed E-state index contributed by atoms with van der Waals surface area (Å²) in [6.45, 7) is 14.9. The molecule has 5 rings (SSSR count). The maximum atomic E-state index is 6.91. The van der Waals surface area contributed by atoms with Crippen LogP contribution in [0.15, 0.2) is 91.0 Å². The highest BCUT2D eigenvalue weighted by Gasteiger charge is 2.50. The van der Waals surface area contributed by atoms with Crippen LogP contribution in [0.3, 0.4) is 0 Å². The van der Waals surface area contributed by atoms with Crippen LogP contribution in [0, 0.1) is 0 Å². The van der Waals surface area contributed by atoms with Gasteiger partial charge in [0.2, 0.25) is 0 Å². The van der Waals surface area contributed by atoms with Crippen LogP contribution >= 0.6 is 0 Å². The molecule has 0 bridgehead atoms. The van der Waals surface area contributed by atoms with Gasteiger partial charge in [-0.25, -0.2) is 0 Å². The number of hydrogen-bond acceptors (Lipinski definition) is 8. The van der Waals surface area contributed by atoms with Gasteiger partial charge in [0.25, 0.3) is 0 Å². The van der Waals surface area contributed by atoms with Crippen molar-refractivity contribution in [3.63, 3.8) is 0 Å². The Hall–Kier alpha value is -2.44. The topological polar surface area (TPSA) is 73.8 Å². The second kappa shape index (κ2) is 17.7. The van der Waals surface area contributed by atoms with E-state index in [2.05, 4.69) is 52.9 Å². The maximum absolute atomic E-state index is 6.91. The van der Waals surface area contributed by atoms with Crippen LogP contribution in [-0.4, -0.2) is 71.2 Å². The third kappa shape index (κ3) is 10.5. The molecule has 2 aliphatic heterocycles. The summed E-state index contributed by atoms with van der Waals surface area (Å²) in [5.41, 5.74) is 3.17. The standard InChI is InChI=1S/C40H56O8Si/c1-29-33(48-49(6,7)40(2,3)4)23-24-35(45-29)47-36-34(28-42-25-30-17-11-8-12-18-30)46-39(41-5)38(44-27-32-21-15-10-16-22-32)37(36)43-26-31-19-13-9-14-20-31/h8-22,29,33-39H,23-28H2,1-7H3/t29-,33-,34+,35-,36+,37-,38+,39-/m0/s1. The van der Waals surface area contributed by atoms with Crippen LogP contribution in [0.1, 0.15) is 57.2 Å². The Balaban J connectivity index is 1.38. The van der Waals surface area contributed by atoms with Crippen LogP contribution in [0.25, 0.3) is 0 Å². The summed E-state index contributed by atoms with van der Waals surface area (Å²) in [4.78, 5) is 0. The first-order chi connectivity index (χ1) is 23.5. The number of ether oxygens (including phenoxy) is 7. The molecule has 2 saturated heterocycles. The summed E-state index contributed by atoms with van der Waals surface area (Å²) in [6.07, 6.45) is -1.98.